The third-order valence-corrected chi connectivity index (χ3v) is 4.85. The van der Waals surface area contributed by atoms with E-state index >= 15 is 0 Å². The number of nitrogen functional groups attached to an aromatic ring is 1. The Bertz CT molecular complexity index is 564. The fourth-order valence-electron chi connectivity index (χ4n) is 2.70. The molecule has 0 atom stereocenters. The maximum Gasteiger partial charge on any atom is 0.410 e. The molecule has 1 aromatic carbocycles. The van der Waals surface area contributed by atoms with Crippen molar-refractivity contribution in [1.82, 2.24) is 4.90 Å². The summed E-state index contributed by atoms with van der Waals surface area (Å²) in [5.74, 6) is 1.48. The summed E-state index contributed by atoms with van der Waals surface area (Å²) in [5.41, 5.74) is 6.06. The number of likely N-dealkylation sites (tertiary alicyclic amines) is 1. The van der Waals surface area contributed by atoms with Crippen molar-refractivity contribution in [2.24, 2.45) is 5.92 Å². The van der Waals surface area contributed by atoms with E-state index in [1.807, 2.05) is 43.9 Å². The predicted octanol–water partition coefficient (Wildman–Crippen LogP) is 4.29. The molecule has 1 fully saturated rings. The number of piperidine rings is 1. The van der Waals surface area contributed by atoms with E-state index < -0.39 is 5.60 Å². The summed E-state index contributed by atoms with van der Waals surface area (Å²) >= 11 is 2.24. The Morgan fingerprint density at radius 3 is 2.58 bits per heavy atom. The molecule has 2 rings (SSSR count). The Hall–Kier alpha value is -1.18. The first-order chi connectivity index (χ1) is 11.2. The lowest BCUT2D eigenvalue weighted by atomic mass is 9.94. The van der Waals surface area contributed by atoms with Crippen LogP contribution in [0.4, 0.5) is 10.5 Å². The average Bonchev–Trinajstić information content (AvgIpc) is 2.48. The summed E-state index contributed by atoms with van der Waals surface area (Å²) in [6.07, 6.45) is 2.81. The molecule has 0 radical (unpaired) electrons. The van der Waals surface area contributed by atoms with Crippen LogP contribution >= 0.6 is 22.6 Å². The van der Waals surface area contributed by atoms with Gasteiger partial charge in [0.05, 0.1) is 10.2 Å². The van der Waals surface area contributed by atoms with Gasteiger partial charge in [0, 0.05) is 18.8 Å². The van der Waals surface area contributed by atoms with Crippen LogP contribution in [0.2, 0.25) is 0 Å². The molecule has 1 aromatic rings. The van der Waals surface area contributed by atoms with E-state index in [4.69, 9.17) is 15.2 Å². The lowest BCUT2D eigenvalue weighted by Crippen LogP contribution is -2.41. The molecule has 0 saturated carbocycles. The molecule has 1 aliphatic heterocycles. The van der Waals surface area contributed by atoms with E-state index in [2.05, 4.69) is 22.6 Å². The number of halogens is 1. The van der Waals surface area contributed by atoms with Gasteiger partial charge in [-0.05, 0) is 86.7 Å². The molecule has 0 spiro atoms. The van der Waals surface area contributed by atoms with Gasteiger partial charge in [0.2, 0.25) is 0 Å². The first-order valence-electron chi connectivity index (χ1n) is 8.40. The fourth-order valence-corrected chi connectivity index (χ4v) is 3.40. The maximum atomic E-state index is 12.1. The fraction of sp³-hybridized carbons (Fsp3) is 0.611. The quantitative estimate of drug-likeness (QED) is 0.554. The molecule has 1 heterocycles. The predicted molar refractivity (Wildman–Crippen MR) is 104 cm³/mol. The number of hydrogen-bond acceptors (Lipinski definition) is 4. The smallest absolute Gasteiger partial charge is 0.410 e. The van der Waals surface area contributed by atoms with Gasteiger partial charge in [-0.15, -0.1) is 0 Å². The number of nitrogens with zero attached hydrogens (tertiary/aromatic N) is 1. The van der Waals surface area contributed by atoms with Crippen molar-refractivity contribution < 1.29 is 14.3 Å². The summed E-state index contributed by atoms with van der Waals surface area (Å²) in [6, 6.07) is 5.69. The van der Waals surface area contributed by atoms with Crippen LogP contribution in [0.15, 0.2) is 18.2 Å². The van der Waals surface area contributed by atoms with Gasteiger partial charge in [0.15, 0.2) is 0 Å². The SMILES string of the molecule is CC(C)(C)OC(=O)N1CCC(CCOc2ccc(N)cc2I)CC1. The molecule has 1 saturated heterocycles. The molecule has 0 aromatic heterocycles. The molecule has 1 aliphatic rings. The number of rotatable bonds is 4. The number of anilines is 1. The number of carbonyl (C=O) groups is 1. The Morgan fingerprint density at radius 2 is 2.00 bits per heavy atom. The van der Waals surface area contributed by atoms with Gasteiger partial charge in [0.1, 0.15) is 11.4 Å². The zero-order valence-corrected chi connectivity index (χ0v) is 16.8. The van der Waals surface area contributed by atoms with Crippen molar-refractivity contribution in [1.29, 1.82) is 0 Å². The summed E-state index contributed by atoms with van der Waals surface area (Å²) in [7, 11) is 0. The van der Waals surface area contributed by atoms with Gasteiger partial charge >= 0.3 is 6.09 Å². The van der Waals surface area contributed by atoms with E-state index in [9.17, 15) is 4.79 Å². The van der Waals surface area contributed by atoms with Crippen LogP contribution in [-0.2, 0) is 4.74 Å². The number of benzene rings is 1. The van der Waals surface area contributed by atoms with Crippen molar-refractivity contribution in [3.8, 4) is 5.75 Å². The van der Waals surface area contributed by atoms with Crippen molar-refractivity contribution in [3.05, 3.63) is 21.8 Å². The minimum Gasteiger partial charge on any atom is -0.492 e. The van der Waals surface area contributed by atoms with Crippen molar-refractivity contribution in [2.45, 2.75) is 45.6 Å². The zero-order chi connectivity index (χ0) is 17.7. The first kappa shape index (κ1) is 19.1. The van der Waals surface area contributed by atoms with Gasteiger partial charge in [0.25, 0.3) is 0 Å². The molecular formula is C18H27IN2O3. The number of ether oxygens (including phenoxy) is 2. The highest BCUT2D eigenvalue weighted by Gasteiger charge is 2.26. The summed E-state index contributed by atoms with van der Waals surface area (Å²) < 4.78 is 12.3. The van der Waals surface area contributed by atoms with Crippen LogP contribution in [0, 0.1) is 9.49 Å². The van der Waals surface area contributed by atoms with E-state index in [1.54, 1.807) is 0 Å². The molecule has 24 heavy (non-hydrogen) atoms. The number of amides is 1. The van der Waals surface area contributed by atoms with Crippen LogP contribution in [0.3, 0.4) is 0 Å². The Morgan fingerprint density at radius 1 is 1.33 bits per heavy atom. The van der Waals surface area contributed by atoms with Crippen LogP contribution < -0.4 is 10.5 Å². The van der Waals surface area contributed by atoms with E-state index in [-0.39, 0.29) is 6.09 Å². The molecule has 1 amide bonds. The topological polar surface area (TPSA) is 64.8 Å². The third kappa shape index (κ3) is 6.03. The van der Waals surface area contributed by atoms with Crippen LogP contribution in [0.1, 0.15) is 40.0 Å². The zero-order valence-electron chi connectivity index (χ0n) is 14.7. The van der Waals surface area contributed by atoms with Gasteiger partial charge in [-0.1, -0.05) is 0 Å². The van der Waals surface area contributed by atoms with Crippen LogP contribution in [0.5, 0.6) is 5.75 Å². The molecular weight excluding hydrogens is 419 g/mol. The Labute approximate surface area is 158 Å². The second kappa shape index (κ2) is 8.27. The van der Waals surface area contributed by atoms with Gasteiger partial charge in [-0.25, -0.2) is 4.79 Å². The van der Waals surface area contributed by atoms with E-state index in [0.29, 0.717) is 12.5 Å². The van der Waals surface area contributed by atoms with Gasteiger partial charge in [-0.3, -0.25) is 0 Å². The highest BCUT2D eigenvalue weighted by atomic mass is 127. The molecule has 5 nitrogen and oxygen atoms in total. The van der Waals surface area contributed by atoms with Crippen molar-refractivity contribution in [3.63, 3.8) is 0 Å². The largest absolute Gasteiger partial charge is 0.492 e. The first-order valence-corrected chi connectivity index (χ1v) is 9.48. The number of nitrogens with two attached hydrogens (primary N) is 1. The second-order valence-corrected chi connectivity index (χ2v) is 8.40. The third-order valence-electron chi connectivity index (χ3n) is 4.01. The highest BCUT2D eigenvalue weighted by molar-refractivity contribution is 14.1. The van der Waals surface area contributed by atoms with E-state index in [1.165, 1.54) is 0 Å². The van der Waals surface area contributed by atoms with Crippen LogP contribution in [0.25, 0.3) is 0 Å². The molecule has 134 valence electrons. The molecule has 6 heteroatoms. The Balaban J connectivity index is 1.70. The van der Waals surface area contributed by atoms with Crippen molar-refractivity contribution >= 4 is 34.4 Å². The normalized spacial score (nSPS) is 16.1. The molecule has 2 N–H and O–H groups in total. The van der Waals surface area contributed by atoms with Crippen LogP contribution in [-0.4, -0.2) is 36.3 Å². The number of carbonyl (C=O) groups excluding carboxylic acids is 1. The molecule has 0 unspecified atom stereocenters. The summed E-state index contributed by atoms with van der Waals surface area (Å²) in [5, 5.41) is 0. The Kier molecular flexibility index (Phi) is 6.60. The second-order valence-electron chi connectivity index (χ2n) is 7.24. The lowest BCUT2D eigenvalue weighted by Gasteiger charge is -2.33. The molecule has 0 aliphatic carbocycles. The van der Waals surface area contributed by atoms with Gasteiger partial charge in [-0.2, -0.15) is 0 Å². The minimum absolute atomic E-state index is 0.200. The maximum absolute atomic E-state index is 12.1. The minimum atomic E-state index is -0.433. The summed E-state index contributed by atoms with van der Waals surface area (Å²) in [4.78, 5) is 13.9. The highest BCUT2D eigenvalue weighted by Crippen LogP contribution is 2.25. The van der Waals surface area contributed by atoms with E-state index in [0.717, 1.165) is 47.4 Å². The monoisotopic (exact) mass is 446 g/mol. The lowest BCUT2D eigenvalue weighted by molar-refractivity contribution is 0.0177. The van der Waals surface area contributed by atoms with Crippen molar-refractivity contribution in [2.75, 3.05) is 25.4 Å². The average molecular weight is 446 g/mol. The van der Waals surface area contributed by atoms with Gasteiger partial charge < -0.3 is 20.1 Å². The standard InChI is InChI=1S/C18H27IN2O3/c1-18(2,3)24-17(22)21-9-6-13(7-10-21)8-11-23-16-5-4-14(20)12-15(16)19/h4-5,12-13H,6-11,20H2,1-3H3. The molecule has 0 bridgehead atoms. The summed E-state index contributed by atoms with van der Waals surface area (Å²) in [6.45, 7) is 7.91. The number of hydrogen-bond donors (Lipinski definition) is 1.